The zero-order valence-electron chi connectivity index (χ0n) is 18.6. The second-order valence-corrected chi connectivity index (χ2v) is 7.71. The van der Waals surface area contributed by atoms with Crippen molar-refractivity contribution in [3.8, 4) is 5.75 Å². The lowest BCUT2D eigenvalue weighted by Crippen LogP contribution is -2.55. The minimum atomic E-state index is -0.629. The summed E-state index contributed by atoms with van der Waals surface area (Å²) in [5, 5.41) is 3.75. The van der Waals surface area contributed by atoms with Gasteiger partial charge in [0.15, 0.2) is 12.1 Å². The number of benzene rings is 2. The van der Waals surface area contributed by atoms with E-state index in [4.69, 9.17) is 25.8 Å². The van der Waals surface area contributed by atoms with Crippen LogP contribution in [-0.2, 0) is 14.3 Å². The Hall–Kier alpha value is -2.87. The van der Waals surface area contributed by atoms with Gasteiger partial charge < -0.3 is 19.5 Å². The molecule has 0 spiro atoms. The third-order valence-corrected chi connectivity index (χ3v) is 5.54. The number of ether oxygens (including phenoxy) is 3. The van der Waals surface area contributed by atoms with Gasteiger partial charge in [0.2, 0.25) is 0 Å². The molecule has 0 radical (unpaired) electrons. The molecule has 0 amide bonds. The number of allylic oxidation sites excluding steroid dienone is 1. The van der Waals surface area contributed by atoms with E-state index in [0.29, 0.717) is 27.6 Å². The Morgan fingerprint density at radius 2 is 1.72 bits per heavy atom. The summed E-state index contributed by atoms with van der Waals surface area (Å²) in [6.45, 7) is 3.79. The summed E-state index contributed by atoms with van der Waals surface area (Å²) in [6.07, 6.45) is -0.629. The predicted molar refractivity (Wildman–Crippen MR) is 121 cm³/mol. The van der Waals surface area contributed by atoms with Gasteiger partial charge in [-0.1, -0.05) is 23.7 Å². The highest BCUT2D eigenvalue weighted by atomic mass is 35.5. The average Bonchev–Trinajstić information content (AvgIpc) is 2.80. The summed E-state index contributed by atoms with van der Waals surface area (Å²) in [7, 11) is 3.12. The Bertz CT molecular complexity index is 988. The first kappa shape index (κ1) is 23.8. The molecular weight excluding hydrogens is 432 g/mol. The standard InChI is InChI=1S/C24H27ClN2O5/c1-5-32-23(29)21-15(2)26-24(31-4)27(22(21)17-6-10-18(25)11-7-17)14-20(28)16-8-12-19(30-3)13-9-16/h6-13,22,24,26H,5,14H2,1-4H3. The van der Waals surface area contributed by atoms with Crippen molar-refractivity contribution in [1.82, 2.24) is 10.2 Å². The predicted octanol–water partition coefficient (Wildman–Crippen LogP) is 3.94. The molecule has 2 aromatic carbocycles. The number of carbonyl (C=O) groups excluding carboxylic acids is 2. The topological polar surface area (TPSA) is 77.1 Å². The number of hydrogen-bond donors (Lipinski definition) is 1. The zero-order chi connectivity index (χ0) is 23.3. The molecule has 2 unspecified atom stereocenters. The van der Waals surface area contributed by atoms with Crippen LogP contribution in [0.3, 0.4) is 0 Å². The molecule has 0 saturated carbocycles. The van der Waals surface area contributed by atoms with E-state index in [2.05, 4.69) is 5.32 Å². The normalized spacial score (nSPS) is 18.8. The highest BCUT2D eigenvalue weighted by Crippen LogP contribution is 2.36. The van der Waals surface area contributed by atoms with Gasteiger partial charge in [0, 0.05) is 23.4 Å². The van der Waals surface area contributed by atoms with Crippen LogP contribution >= 0.6 is 11.6 Å². The van der Waals surface area contributed by atoms with Gasteiger partial charge in [-0.2, -0.15) is 0 Å². The molecule has 0 saturated heterocycles. The van der Waals surface area contributed by atoms with Crippen LogP contribution in [0.15, 0.2) is 59.8 Å². The number of methoxy groups -OCH3 is 2. The molecule has 32 heavy (non-hydrogen) atoms. The molecule has 170 valence electrons. The van der Waals surface area contributed by atoms with E-state index in [1.165, 1.54) is 0 Å². The summed E-state index contributed by atoms with van der Waals surface area (Å²) < 4.78 is 16.1. The van der Waals surface area contributed by atoms with Crippen LogP contribution in [-0.4, -0.2) is 50.4 Å². The Morgan fingerprint density at radius 3 is 2.28 bits per heavy atom. The maximum atomic E-state index is 13.2. The number of rotatable bonds is 8. The monoisotopic (exact) mass is 458 g/mol. The van der Waals surface area contributed by atoms with Crippen LogP contribution in [0.2, 0.25) is 5.02 Å². The van der Waals surface area contributed by atoms with Crippen LogP contribution in [0.4, 0.5) is 0 Å². The van der Waals surface area contributed by atoms with E-state index in [9.17, 15) is 9.59 Å². The van der Waals surface area contributed by atoms with Crippen LogP contribution in [0.5, 0.6) is 5.75 Å². The van der Waals surface area contributed by atoms with Crippen LogP contribution in [0.25, 0.3) is 0 Å². The molecule has 1 heterocycles. The van der Waals surface area contributed by atoms with E-state index in [0.717, 1.165) is 5.56 Å². The fourth-order valence-corrected chi connectivity index (χ4v) is 3.86. The average molecular weight is 459 g/mol. The third-order valence-electron chi connectivity index (χ3n) is 5.29. The molecule has 0 fully saturated rings. The second-order valence-electron chi connectivity index (χ2n) is 7.27. The maximum Gasteiger partial charge on any atom is 0.337 e. The number of carbonyl (C=O) groups is 2. The quantitative estimate of drug-likeness (QED) is 0.474. The van der Waals surface area contributed by atoms with Crippen molar-refractivity contribution in [3.05, 3.63) is 76.0 Å². The summed E-state index contributed by atoms with van der Waals surface area (Å²) >= 11 is 6.09. The number of nitrogens with zero attached hydrogens (tertiary/aromatic N) is 1. The fraction of sp³-hybridized carbons (Fsp3) is 0.333. The Morgan fingerprint density at radius 1 is 1.06 bits per heavy atom. The SMILES string of the molecule is CCOC(=O)C1=C(C)NC(OC)N(CC(=O)c2ccc(OC)cc2)C1c1ccc(Cl)cc1. The van der Waals surface area contributed by atoms with E-state index in [1.54, 1.807) is 69.4 Å². The van der Waals surface area contributed by atoms with E-state index >= 15 is 0 Å². The summed E-state index contributed by atoms with van der Waals surface area (Å²) in [4.78, 5) is 27.9. The van der Waals surface area contributed by atoms with Gasteiger partial charge in [0.25, 0.3) is 0 Å². The molecule has 1 aliphatic heterocycles. The van der Waals surface area contributed by atoms with Gasteiger partial charge in [0.05, 0.1) is 31.9 Å². The van der Waals surface area contributed by atoms with Gasteiger partial charge in [-0.05, 0) is 55.8 Å². The minimum Gasteiger partial charge on any atom is -0.497 e. The highest BCUT2D eigenvalue weighted by molar-refractivity contribution is 6.30. The van der Waals surface area contributed by atoms with Crippen molar-refractivity contribution in [2.45, 2.75) is 26.2 Å². The van der Waals surface area contributed by atoms with Crippen molar-refractivity contribution >= 4 is 23.4 Å². The van der Waals surface area contributed by atoms with Gasteiger partial charge in [-0.25, -0.2) is 9.69 Å². The minimum absolute atomic E-state index is 0.00130. The lowest BCUT2D eigenvalue weighted by Gasteiger charge is -2.42. The lowest BCUT2D eigenvalue weighted by molar-refractivity contribution is -0.141. The zero-order valence-corrected chi connectivity index (χ0v) is 19.3. The first-order valence-corrected chi connectivity index (χ1v) is 10.6. The highest BCUT2D eigenvalue weighted by Gasteiger charge is 2.40. The Kier molecular flexibility index (Phi) is 7.90. The number of halogens is 1. The summed E-state index contributed by atoms with van der Waals surface area (Å²) in [5.74, 6) is 0.0882. The van der Waals surface area contributed by atoms with Gasteiger partial charge in [-0.15, -0.1) is 0 Å². The number of hydrogen-bond acceptors (Lipinski definition) is 7. The number of nitrogens with one attached hydrogen (secondary N) is 1. The Balaban J connectivity index is 2.03. The van der Waals surface area contributed by atoms with E-state index in [-0.39, 0.29) is 18.9 Å². The van der Waals surface area contributed by atoms with Crippen molar-refractivity contribution in [1.29, 1.82) is 0 Å². The van der Waals surface area contributed by atoms with Gasteiger partial charge in [-0.3, -0.25) is 4.79 Å². The largest absolute Gasteiger partial charge is 0.497 e. The molecule has 2 aromatic rings. The van der Waals surface area contributed by atoms with Gasteiger partial charge >= 0.3 is 5.97 Å². The van der Waals surface area contributed by atoms with Crippen molar-refractivity contribution in [3.63, 3.8) is 0 Å². The molecule has 2 atom stereocenters. The van der Waals surface area contributed by atoms with Crippen molar-refractivity contribution < 1.29 is 23.8 Å². The smallest absolute Gasteiger partial charge is 0.337 e. The Labute approximate surface area is 192 Å². The van der Waals surface area contributed by atoms with Crippen LogP contribution < -0.4 is 10.1 Å². The molecular formula is C24H27ClN2O5. The van der Waals surface area contributed by atoms with Crippen LogP contribution in [0, 0.1) is 0 Å². The first-order chi connectivity index (χ1) is 15.4. The molecule has 3 rings (SSSR count). The number of ketones is 1. The lowest BCUT2D eigenvalue weighted by atomic mass is 9.93. The third kappa shape index (κ3) is 5.12. The maximum absolute atomic E-state index is 13.2. The number of Topliss-reactive ketones (excluding diaryl/α,β-unsaturated/α-hetero) is 1. The summed E-state index contributed by atoms with van der Waals surface area (Å²) in [6, 6.07) is 13.5. The molecule has 1 N–H and O–H groups in total. The summed E-state index contributed by atoms with van der Waals surface area (Å²) in [5.41, 5.74) is 2.37. The molecule has 0 aromatic heterocycles. The van der Waals surface area contributed by atoms with E-state index < -0.39 is 18.4 Å². The fourth-order valence-electron chi connectivity index (χ4n) is 3.73. The second kappa shape index (κ2) is 10.6. The number of esters is 1. The van der Waals surface area contributed by atoms with Gasteiger partial charge in [0.1, 0.15) is 5.75 Å². The molecule has 1 aliphatic rings. The molecule has 0 aliphatic carbocycles. The molecule has 0 bridgehead atoms. The van der Waals surface area contributed by atoms with Crippen molar-refractivity contribution in [2.24, 2.45) is 0 Å². The van der Waals surface area contributed by atoms with E-state index in [1.807, 2.05) is 12.1 Å². The first-order valence-electron chi connectivity index (χ1n) is 10.2. The molecule has 7 nitrogen and oxygen atoms in total. The molecule has 8 heteroatoms. The van der Waals surface area contributed by atoms with Crippen molar-refractivity contribution in [2.75, 3.05) is 27.4 Å². The van der Waals surface area contributed by atoms with Crippen LogP contribution in [0.1, 0.15) is 35.8 Å².